The smallest absolute Gasteiger partial charge is 0.291 e. The van der Waals surface area contributed by atoms with Crippen LogP contribution in [0.25, 0.3) is 11.0 Å². The highest BCUT2D eigenvalue weighted by Crippen LogP contribution is 2.41. The number of hydrogen-bond acceptors (Lipinski definition) is 6. The van der Waals surface area contributed by atoms with Gasteiger partial charge in [0.1, 0.15) is 5.58 Å². The fourth-order valence-corrected chi connectivity index (χ4v) is 5.05. The average molecular weight is 492 g/mol. The van der Waals surface area contributed by atoms with Gasteiger partial charge in [-0.05, 0) is 73.6 Å². The molecule has 2 aromatic carbocycles. The minimum atomic E-state index is -0.605. The van der Waals surface area contributed by atoms with E-state index in [9.17, 15) is 9.59 Å². The van der Waals surface area contributed by atoms with E-state index in [1.165, 1.54) is 0 Å². The summed E-state index contributed by atoms with van der Waals surface area (Å²) >= 11 is 0. The van der Waals surface area contributed by atoms with Crippen LogP contribution < -0.4 is 14.9 Å². The van der Waals surface area contributed by atoms with Crippen molar-refractivity contribution < 1.29 is 23.4 Å². The number of benzene rings is 2. The maximum absolute atomic E-state index is 13.9. The number of carbonyl (C=O) groups excluding carboxylic acids is 1. The number of carbonyl (C=O) groups is 1. The van der Waals surface area contributed by atoms with Crippen LogP contribution in [-0.2, 0) is 4.74 Å². The molecule has 5 rings (SSSR count). The average Bonchev–Trinajstić information content (AvgIpc) is 3.46. The first-order chi connectivity index (χ1) is 17.3. The summed E-state index contributed by atoms with van der Waals surface area (Å²) in [6, 6.07) is 8.69. The molecule has 0 unspecified atom stereocenters. The number of ether oxygens (including phenoxy) is 3. The Bertz CT molecular complexity index is 1370. The summed E-state index contributed by atoms with van der Waals surface area (Å²) in [7, 11) is 1.59. The fraction of sp³-hybridized carbons (Fsp3) is 0.448. The van der Waals surface area contributed by atoms with E-state index in [1.807, 2.05) is 44.2 Å². The van der Waals surface area contributed by atoms with Crippen molar-refractivity contribution in [1.29, 1.82) is 0 Å². The van der Waals surface area contributed by atoms with Gasteiger partial charge in [0.15, 0.2) is 16.9 Å². The zero-order valence-electron chi connectivity index (χ0n) is 21.6. The van der Waals surface area contributed by atoms with Gasteiger partial charge >= 0.3 is 0 Å². The second-order valence-corrected chi connectivity index (χ2v) is 10.2. The van der Waals surface area contributed by atoms with E-state index in [0.717, 1.165) is 29.5 Å². The highest BCUT2D eigenvalue weighted by atomic mass is 16.5. The minimum Gasteiger partial charge on any atom is -0.493 e. The molecular formula is C29H33NO6. The topological polar surface area (TPSA) is 78.2 Å². The molecule has 0 N–H and O–H groups in total. The van der Waals surface area contributed by atoms with Crippen molar-refractivity contribution in [2.75, 3.05) is 26.9 Å². The third-order valence-corrected chi connectivity index (χ3v) is 7.08. The number of aryl methyl sites for hydroxylation is 2. The van der Waals surface area contributed by atoms with E-state index < -0.39 is 6.04 Å². The van der Waals surface area contributed by atoms with Crippen LogP contribution >= 0.6 is 0 Å². The van der Waals surface area contributed by atoms with Crippen molar-refractivity contribution in [2.24, 2.45) is 5.92 Å². The summed E-state index contributed by atoms with van der Waals surface area (Å²) < 4.78 is 23.6. The largest absolute Gasteiger partial charge is 0.493 e. The molecule has 1 amide bonds. The molecule has 0 aliphatic carbocycles. The summed E-state index contributed by atoms with van der Waals surface area (Å²) in [5, 5.41) is 0.484. The normalized spacial score (nSPS) is 19.4. The lowest BCUT2D eigenvalue weighted by molar-refractivity contribution is 0.0486. The molecule has 1 saturated heterocycles. The van der Waals surface area contributed by atoms with E-state index >= 15 is 0 Å². The fourth-order valence-electron chi connectivity index (χ4n) is 5.05. The lowest BCUT2D eigenvalue weighted by Gasteiger charge is -2.28. The molecule has 7 nitrogen and oxygen atoms in total. The van der Waals surface area contributed by atoms with Gasteiger partial charge in [0, 0.05) is 13.2 Å². The highest BCUT2D eigenvalue weighted by molar-refractivity contribution is 5.99. The van der Waals surface area contributed by atoms with Gasteiger partial charge in [-0.2, -0.15) is 0 Å². The zero-order chi connectivity index (χ0) is 25.6. The standard InChI is InChI=1S/C29H33NO6/c1-16(2)15-35-22-9-8-19(13-24(22)33-5)26-25-27(31)21-11-17(3)18(4)12-23(21)36-28(25)29(32)30(26)14-20-7-6-10-34-20/h8-9,11-13,16,20,26H,6-7,10,14-15H2,1-5H3/t20-,26-/m1/s1. The summed E-state index contributed by atoms with van der Waals surface area (Å²) in [6.07, 6.45) is 1.76. The summed E-state index contributed by atoms with van der Waals surface area (Å²) in [5.74, 6) is 1.37. The summed E-state index contributed by atoms with van der Waals surface area (Å²) in [4.78, 5) is 29.3. The number of hydrogen-bond donors (Lipinski definition) is 0. The molecule has 3 heterocycles. The number of fused-ring (bicyclic) bond motifs is 2. The Morgan fingerprint density at radius 3 is 2.56 bits per heavy atom. The van der Waals surface area contributed by atoms with Crippen LogP contribution in [0, 0.1) is 19.8 Å². The molecule has 2 aliphatic rings. The van der Waals surface area contributed by atoms with Gasteiger partial charge in [0.25, 0.3) is 5.91 Å². The Balaban J connectivity index is 1.66. The molecule has 1 fully saturated rings. The van der Waals surface area contributed by atoms with Crippen molar-refractivity contribution in [3.8, 4) is 11.5 Å². The van der Waals surface area contributed by atoms with Crippen LogP contribution in [0.2, 0.25) is 0 Å². The third-order valence-electron chi connectivity index (χ3n) is 7.08. The Kier molecular flexibility index (Phi) is 6.51. The van der Waals surface area contributed by atoms with Crippen LogP contribution in [0.4, 0.5) is 0 Å². The Morgan fingerprint density at radius 2 is 1.86 bits per heavy atom. The lowest BCUT2D eigenvalue weighted by atomic mass is 9.97. The van der Waals surface area contributed by atoms with Gasteiger partial charge in [-0.15, -0.1) is 0 Å². The van der Waals surface area contributed by atoms with Gasteiger partial charge in [-0.1, -0.05) is 19.9 Å². The quantitative estimate of drug-likeness (QED) is 0.453. The molecule has 1 aromatic heterocycles. The van der Waals surface area contributed by atoms with Crippen molar-refractivity contribution in [2.45, 2.75) is 52.7 Å². The van der Waals surface area contributed by atoms with Crippen LogP contribution in [0.5, 0.6) is 11.5 Å². The maximum atomic E-state index is 13.9. The molecule has 190 valence electrons. The van der Waals surface area contributed by atoms with Crippen LogP contribution in [0.1, 0.15) is 65.5 Å². The Morgan fingerprint density at radius 1 is 1.08 bits per heavy atom. The predicted octanol–water partition coefficient (Wildman–Crippen LogP) is 5.18. The van der Waals surface area contributed by atoms with Gasteiger partial charge < -0.3 is 23.5 Å². The number of nitrogens with zero attached hydrogens (tertiary/aromatic N) is 1. The van der Waals surface area contributed by atoms with Crippen LogP contribution in [0.15, 0.2) is 39.5 Å². The molecule has 7 heteroatoms. The van der Waals surface area contributed by atoms with Gasteiger partial charge in [-0.25, -0.2) is 0 Å². The van der Waals surface area contributed by atoms with E-state index in [4.69, 9.17) is 18.6 Å². The van der Waals surface area contributed by atoms with Gasteiger partial charge in [-0.3, -0.25) is 9.59 Å². The molecule has 0 saturated carbocycles. The van der Waals surface area contributed by atoms with E-state index in [-0.39, 0.29) is 23.2 Å². The van der Waals surface area contributed by atoms with E-state index in [1.54, 1.807) is 12.0 Å². The van der Waals surface area contributed by atoms with Crippen molar-refractivity contribution in [3.63, 3.8) is 0 Å². The van der Waals surface area contributed by atoms with E-state index in [2.05, 4.69) is 13.8 Å². The van der Waals surface area contributed by atoms with Gasteiger partial charge in [0.05, 0.1) is 36.8 Å². The summed E-state index contributed by atoms with van der Waals surface area (Å²) in [5.41, 5.74) is 3.39. The zero-order valence-corrected chi connectivity index (χ0v) is 21.6. The number of rotatable bonds is 7. The molecule has 3 aromatic rings. The van der Waals surface area contributed by atoms with Crippen molar-refractivity contribution in [1.82, 2.24) is 4.90 Å². The monoisotopic (exact) mass is 491 g/mol. The Hall–Kier alpha value is -3.32. The second-order valence-electron chi connectivity index (χ2n) is 10.2. The van der Waals surface area contributed by atoms with E-state index in [0.29, 0.717) is 53.7 Å². The molecule has 0 radical (unpaired) electrons. The third kappa shape index (κ3) is 4.26. The number of amides is 1. The molecule has 2 atom stereocenters. The first kappa shape index (κ1) is 24.4. The first-order valence-corrected chi connectivity index (χ1v) is 12.6. The molecular weight excluding hydrogens is 458 g/mol. The predicted molar refractivity (Wildman–Crippen MR) is 137 cm³/mol. The van der Waals surface area contributed by atoms with Crippen molar-refractivity contribution >= 4 is 16.9 Å². The van der Waals surface area contributed by atoms with Crippen LogP contribution in [0.3, 0.4) is 0 Å². The Labute approximate surface area is 210 Å². The molecule has 2 aliphatic heterocycles. The SMILES string of the molecule is COc1cc([C@@H]2c3c(oc4cc(C)c(C)cc4c3=O)C(=O)N2C[C@H]2CCCO2)ccc1OCC(C)C. The minimum absolute atomic E-state index is 0.0738. The first-order valence-electron chi connectivity index (χ1n) is 12.6. The molecule has 0 bridgehead atoms. The molecule has 36 heavy (non-hydrogen) atoms. The summed E-state index contributed by atoms with van der Waals surface area (Å²) in [6.45, 7) is 9.71. The highest BCUT2D eigenvalue weighted by Gasteiger charge is 2.44. The second kappa shape index (κ2) is 9.62. The molecule has 0 spiro atoms. The number of methoxy groups -OCH3 is 1. The maximum Gasteiger partial charge on any atom is 0.291 e. The van der Waals surface area contributed by atoms with Crippen molar-refractivity contribution in [3.05, 3.63) is 68.6 Å². The van der Waals surface area contributed by atoms with Gasteiger partial charge in [0.2, 0.25) is 5.76 Å². The lowest BCUT2D eigenvalue weighted by Crippen LogP contribution is -2.36. The van der Waals surface area contributed by atoms with Crippen LogP contribution in [-0.4, -0.2) is 43.8 Å².